The van der Waals surface area contributed by atoms with Gasteiger partial charge in [-0.15, -0.1) is 0 Å². The lowest BCUT2D eigenvalue weighted by Crippen LogP contribution is -2.40. The van der Waals surface area contributed by atoms with Crippen molar-refractivity contribution in [2.75, 3.05) is 13.7 Å². The lowest BCUT2D eigenvalue weighted by molar-refractivity contribution is -0.130. The van der Waals surface area contributed by atoms with Gasteiger partial charge in [0.15, 0.2) is 6.23 Å². The fraction of sp³-hybridized carbons (Fsp3) is 0.214. The molecule has 0 aromatic heterocycles. The van der Waals surface area contributed by atoms with E-state index in [1.807, 2.05) is 36.4 Å². The van der Waals surface area contributed by atoms with E-state index >= 15 is 0 Å². The van der Waals surface area contributed by atoms with Gasteiger partial charge in [0.25, 0.3) is 5.91 Å². The summed E-state index contributed by atoms with van der Waals surface area (Å²) in [7, 11) is 1.56. The van der Waals surface area contributed by atoms with Crippen LogP contribution in [0.2, 0.25) is 0 Å². The monoisotopic (exact) mass is 243 g/mol. The summed E-state index contributed by atoms with van der Waals surface area (Å²) in [6.07, 6.45) is 4.99. The molecule has 3 rings (SSSR count). The van der Waals surface area contributed by atoms with Crippen molar-refractivity contribution in [2.45, 2.75) is 6.23 Å². The second-order valence-corrected chi connectivity index (χ2v) is 4.19. The number of hydrogen-bond acceptors (Lipinski definition) is 3. The molecule has 1 aromatic rings. The minimum Gasteiger partial charge on any atom is -0.499 e. The van der Waals surface area contributed by atoms with Crippen molar-refractivity contribution in [3.63, 3.8) is 0 Å². The molecular weight excluding hydrogens is 230 g/mol. The Labute approximate surface area is 105 Å². The van der Waals surface area contributed by atoms with Crippen LogP contribution in [0.4, 0.5) is 0 Å². The number of ether oxygens (including phenoxy) is 2. The van der Waals surface area contributed by atoms with Crippen molar-refractivity contribution in [3.8, 4) is 5.75 Å². The summed E-state index contributed by atoms with van der Waals surface area (Å²) >= 11 is 0. The molecule has 0 bridgehead atoms. The average Bonchev–Trinajstić information content (AvgIpc) is 2.79. The van der Waals surface area contributed by atoms with Gasteiger partial charge in [-0.05, 0) is 18.2 Å². The molecule has 0 fully saturated rings. The number of rotatable bonds is 2. The van der Waals surface area contributed by atoms with Gasteiger partial charge >= 0.3 is 0 Å². The summed E-state index contributed by atoms with van der Waals surface area (Å²) in [6, 6.07) is 7.75. The highest BCUT2D eigenvalue weighted by molar-refractivity contribution is 5.91. The van der Waals surface area contributed by atoms with E-state index < -0.39 is 0 Å². The molecule has 1 aromatic carbocycles. The molecule has 18 heavy (non-hydrogen) atoms. The number of carbonyl (C=O) groups is 1. The van der Waals surface area contributed by atoms with E-state index in [4.69, 9.17) is 9.47 Å². The van der Waals surface area contributed by atoms with Gasteiger partial charge in [-0.25, -0.2) is 0 Å². The molecule has 0 saturated carbocycles. The third-order valence-electron chi connectivity index (χ3n) is 3.07. The van der Waals surface area contributed by atoms with Crippen LogP contribution in [0, 0.1) is 0 Å². The van der Waals surface area contributed by atoms with Gasteiger partial charge in [-0.1, -0.05) is 18.2 Å². The lowest BCUT2D eigenvalue weighted by Gasteiger charge is -2.29. The van der Waals surface area contributed by atoms with E-state index in [2.05, 4.69) is 0 Å². The van der Waals surface area contributed by atoms with Gasteiger partial charge < -0.3 is 9.47 Å². The van der Waals surface area contributed by atoms with Crippen LogP contribution in [0.15, 0.2) is 42.2 Å². The summed E-state index contributed by atoms with van der Waals surface area (Å²) in [5, 5.41) is 0. The predicted molar refractivity (Wildman–Crippen MR) is 66.7 cm³/mol. The number of methoxy groups -OCH3 is 1. The lowest BCUT2D eigenvalue weighted by atomic mass is 10.1. The normalized spacial score (nSPS) is 21.4. The maximum atomic E-state index is 11.8. The van der Waals surface area contributed by atoms with Crippen LogP contribution in [-0.4, -0.2) is 30.7 Å². The van der Waals surface area contributed by atoms with Crippen molar-refractivity contribution in [2.24, 2.45) is 0 Å². The molecule has 0 radical (unpaired) electrons. The van der Waals surface area contributed by atoms with Gasteiger partial charge in [-0.3, -0.25) is 9.69 Å². The standard InChI is InChI=1S/C14H13NO3/c1-17-11-8-13(16)15(9-11)14-7-6-10-4-2-3-5-12(10)18-14/h2-8,14H,9H2,1H3. The van der Waals surface area contributed by atoms with E-state index in [9.17, 15) is 4.79 Å². The van der Waals surface area contributed by atoms with Gasteiger partial charge in [0.1, 0.15) is 11.5 Å². The van der Waals surface area contributed by atoms with E-state index in [1.54, 1.807) is 12.0 Å². The first kappa shape index (κ1) is 10.9. The maximum Gasteiger partial charge on any atom is 0.253 e. The predicted octanol–water partition coefficient (Wildman–Crippen LogP) is 1.79. The molecule has 1 unspecified atom stereocenters. The molecule has 2 heterocycles. The molecule has 2 aliphatic rings. The number of amides is 1. The Morgan fingerprint density at radius 1 is 1.39 bits per heavy atom. The van der Waals surface area contributed by atoms with Crippen LogP contribution in [0.3, 0.4) is 0 Å². The third kappa shape index (κ3) is 1.76. The van der Waals surface area contributed by atoms with E-state index in [1.165, 1.54) is 6.08 Å². The first-order chi connectivity index (χ1) is 8.78. The largest absolute Gasteiger partial charge is 0.499 e. The van der Waals surface area contributed by atoms with Crippen LogP contribution in [-0.2, 0) is 9.53 Å². The van der Waals surface area contributed by atoms with Gasteiger partial charge in [-0.2, -0.15) is 0 Å². The molecule has 1 atom stereocenters. The third-order valence-corrected chi connectivity index (χ3v) is 3.07. The molecule has 0 aliphatic carbocycles. The van der Waals surface area contributed by atoms with E-state index in [0.717, 1.165) is 11.3 Å². The number of carbonyl (C=O) groups excluding carboxylic acids is 1. The number of fused-ring (bicyclic) bond motifs is 1. The quantitative estimate of drug-likeness (QED) is 0.795. The molecule has 4 heteroatoms. The van der Waals surface area contributed by atoms with Crippen molar-refractivity contribution >= 4 is 12.0 Å². The summed E-state index contributed by atoms with van der Waals surface area (Å²) in [6.45, 7) is 0.451. The van der Waals surface area contributed by atoms with Gasteiger partial charge in [0.2, 0.25) is 0 Å². The zero-order valence-electron chi connectivity index (χ0n) is 10.00. The Bertz CT molecular complexity index is 548. The Morgan fingerprint density at radius 2 is 2.22 bits per heavy atom. The molecule has 0 spiro atoms. The number of nitrogens with zero attached hydrogens (tertiary/aromatic N) is 1. The minimum atomic E-state index is -0.365. The van der Waals surface area contributed by atoms with Crippen LogP contribution in [0.25, 0.3) is 6.08 Å². The Balaban J connectivity index is 1.80. The smallest absolute Gasteiger partial charge is 0.253 e. The Kier molecular flexibility index (Phi) is 2.55. The molecular formula is C14H13NO3. The fourth-order valence-corrected chi connectivity index (χ4v) is 2.10. The van der Waals surface area contributed by atoms with Crippen molar-refractivity contribution in [1.29, 1.82) is 0 Å². The van der Waals surface area contributed by atoms with Crippen molar-refractivity contribution in [3.05, 3.63) is 47.7 Å². The Morgan fingerprint density at radius 3 is 3.00 bits per heavy atom. The topological polar surface area (TPSA) is 38.8 Å². The minimum absolute atomic E-state index is 0.0825. The van der Waals surface area contributed by atoms with Gasteiger partial charge in [0.05, 0.1) is 13.7 Å². The van der Waals surface area contributed by atoms with Crippen LogP contribution in [0.5, 0.6) is 5.75 Å². The molecule has 0 saturated heterocycles. The fourth-order valence-electron chi connectivity index (χ4n) is 2.10. The second kappa shape index (κ2) is 4.22. The summed E-state index contributed by atoms with van der Waals surface area (Å²) in [4.78, 5) is 13.4. The zero-order chi connectivity index (χ0) is 12.5. The first-order valence-corrected chi connectivity index (χ1v) is 5.77. The highest BCUT2D eigenvalue weighted by Crippen LogP contribution is 2.28. The van der Waals surface area contributed by atoms with Crippen LogP contribution >= 0.6 is 0 Å². The summed E-state index contributed by atoms with van der Waals surface area (Å²) in [5.41, 5.74) is 1.03. The molecule has 2 aliphatic heterocycles. The molecule has 0 N–H and O–H groups in total. The second-order valence-electron chi connectivity index (χ2n) is 4.19. The highest BCUT2D eigenvalue weighted by Gasteiger charge is 2.30. The molecule has 4 nitrogen and oxygen atoms in total. The summed E-state index contributed by atoms with van der Waals surface area (Å²) < 4.78 is 10.9. The van der Waals surface area contributed by atoms with Gasteiger partial charge in [0, 0.05) is 11.6 Å². The average molecular weight is 243 g/mol. The van der Waals surface area contributed by atoms with E-state index in [-0.39, 0.29) is 12.1 Å². The maximum absolute atomic E-state index is 11.8. The highest BCUT2D eigenvalue weighted by atomic mass is 16.5. The summed E-state index contributed by atoms with van der Waals surface area (Å²) in [5.74, 6) is 1.38. The number of para-hydroxylation sites is 1. The van der Waals surface area contributed by atoms with Crippen molar-refractivity contribution < 1.29 is 14.3 Å². The first-order valence-electron chi connectivity index (χ1n) is 5.77. The molecule has 92 valence electrons. The van der Waals surface area contributed by atoms with E-state index in [0.29, 0.717) is 12.3 Å². The number of hydrogen-bond donors (Lipinski definition) is 0. The van der Waals surface area contributed by atoms with Crippen LogP contribution < -0.4 is 4.74 Å². The zero-order valence-corrected chi connectivity index (χ0v) is 10.00. The number of benzene rings is 1. The Hall–Kier alpha value is -2.23. The van der Waals surface area contributed by atoms with Crippen molar-refractivity contribution in [1.82, 2.24) is 4.90 Å². The van der Waals surface area contributed by atoms with Crippen LogP contribution in [0.1, 0.15) is 5.56 Å². The molecule has 1 amide bonds. The SMILES string of the molecule is COC1=CC(=O)N(C2C=Cc3ccccc3O2)C1.